The minimum atomic E-state index is -0.217. The number of esters is 1. The number of thiazole rings is 1. The highest BCUT2D eigenvalue weighted by Gasteiger charge is 2.56. The lowest BCUT2D eigenvalue weighted by Gasteiger charge is -2.38. The molecule has 1 aromatic rings. The minimum absolute atomic E-state index is 0.0567. The molecule has 2 saturated carbocycles. The van der Waals surface area contributed by atoms with Crippen LogP contribution in [0.1, 0.15) is 30.1 Å². The van der Waals surface area contributed by atoms with Crippen LogP contribution in [0.2, 0.25) is 0 Å². The van der Waals surface area contributed by atoms with Gasteiger partial charge in [-0.25, -0.2) is 0 Å². The number of methoxy groups -OCH3 is 1. The Hall–Kier alpha value is -0.750. The summed E-state index contributed by atoms with van der Waals surface area (Å²) in [5.41, 5.74) is 0. The molecule has 1 N–H and O–H groups in total. The molecular weight excluding hydrogens is 282 g/mol. The van der Waals surface area contributed by atoms with Crippen LogP contribution < -0.4 is 4.87 Å². The van der Waals surface area contributed by atoms with Crippen molar-refractivity contribution in [2.45, 2.75) is 35.5 Å². The Morgan fingerprint density at radius 3 is 2.95 bits per heavy atom. The lowest BCUT2D eigenvalue weighted by Crippen LogP contribution is -2.37. The van der Waals surface area contributed by atoms with E-state index in [0.717, 1.165) is 9.90 Å². The molecule has 2 heterocycles. The lowest BCUT2D eigenvalue weighted by atomic mass is 9.78. The van der Waals surface area contributed by atoms with Crippen molar-refractivity contribution in [2.24, 2.45) is 17.8 Å². The van der Waals surface area contributed by atoms with Gasteiger partial charge in [0.15, 0.2) is 0 Å². The summed E-state index contributed by atoms with van der Waals surface area (Å²) < 4.78 is 5.01. The van der Waals surface area contributed by atoms with Gasteiger partial charge in [0, 0.05) is 5.25 Å². The summed E-state index contributed by atoms with van der Waals surface area (Å²) in [6.45, 7) is 0. The van der Waals surface area contributed by atoms with Crippen LogP contribution in [-0.4, -0.2) is 23.3 Å². The van der Waals surface area contributed by atoms with Crippen molar-refractivity contribution in [3.8, 4) is 0 Å². The summed E-state index contributed by atoms with van der Waals surface area (Å²) in [7, 11) is 1.45. The van der Waals surface area contributed by atoms with Crippen molar-refractivity contribution < 1.29 is 9.53 Å². The van der Waals surface area contributed by atoms with Gasteiger partial charge in [-0.2, -0.15) is 0 Å². The summed E-state index contributed by atoms with van der Waals surface area (Å²) in [5, 5.41) is 1.40. The normalized spacial score (nSPS) is 38.9. The molecule has 0 amide bonds. The standard InChI is InChI=1S/C13H15NO3S2/c1-17-12(15)8-7-5-2-3-6(4-5)9(7)18-11-10(8)19-13(16)14-11/h5-9H,2-4H2,1H3,(H,14,16)/t5-,6-,7+,8-,9+/m0/s1. The number of ether oxygens (including phenoxy) is 1. The van der Waals surface area contributed by atoms with Crippen LogP contribution in [-0.2, 0) is 9.53 Å². The van der Waals surface area contributed by atoms with Crippen molar-refractivity contribution in [2.75, 3.05) is 7.11 Å². The first-order valence-electron chi connectivity index (χ1n) is 6.66. The molecule has 6 heteroatoms. The molecule has 0 spiro atoms. The number of hydrogen-bond acceptors (Lipinski definition) is 5. The predicted octanol–water partition coefficient (Wildman–Crippen LogP) is 2.21. The highest BCUT2D eigenvalue weighted by Crippen LogP contribution is 2.62. The van der Waals surface area contributed by atoms with Gasteiger partial charge in [-0.15, -0.1) is 11.8 Å². The minimum Gasteiger partial charge on any atom is -0.469 e. The van der Waals surface area contributed by atoms with Gasteiger partial charge in [0.1, 0.15) is 0 Å². The van der Waals surface area contributed by atoms with Gasteiger partial charge in [-0.05, 0) is 37.0 Å². The van der Waals surface area contributed by atoms with Crippen LogP contribution in [0.5, 0.6) is 0 Å². The zero-order valence-electron chi connectivity index (χ0n) is 10.5. The number of aromatic nitrogens is 1. The molecule has 4 nitrogen and oxygen atoms in total. The van der Waals surface area contributed by atoms with Crippen LogP contribution in [0, 0.1) is 17.8 Å². The maximum absolute atomic E-state index is 12.2. The molecule has 2 aliphatic carbocycles. The number of thioether (sulfide) groups is 1. The maximum atomic E-state index is 12.2. The molecular formula is C13H15NO3S2. The predicted molar refractivity (Wildman–Crippen MR) is 73.7 cm³/mol. The third-order valence-corrected chi connectivity index (χ3v) is 7.54. The summed E-state index contributed by atoms with van der Waals surface area (Å²) in [5.74, 6) is 1.33. The zero-order chi connectivity index (χ0) is 13.1. The van der Waals surface area contributed by atoms with Crippen molar-refractivity contribution >= 4 is 29.1 Å². The molecule has 1 aliphatic heterocycles. The third-order valence-electron chi connectivity index (χ3n) is 4.92. The Morgan fingerprint density at radius 2 is 2.16 bits per heavy atom. The largest absolute Gasteiger partial charge is 0.469 e. The Labute approximate surface area is 118 Å². The highest BCUT2D eigenvalue weighted by atomic mass is 32.2. The fraction of sp³-hybridized carbons (Fsp3) is 0.692. The summed E-state index contributed by atoms with van der Waals surface area (Å²) >= 11 is 2.98. The Balaban J connectivity index is 1.84. The first-order chi connectivity index (χ1) is 9.19. The van der Waals surface area contributed by atoms with Crippen LogP contribution in [0.4, 0.5) is 0 Å². The van der Waals surface area contributed by atoms with E-state index in [-0.39, 0.29) is 16.8 Å². The Bertz CT molecular complexity index is 593. The average Bonchev–Trinajstić information content (AvgIpc) is 3.07. The second-order valence-corrected chi connectivity index (χ2v) is 7.90. The molecule has 1 aromatic heterocycles. The molecule has 3 aliphatic rings. The molecule has 102 valence electrons. The Morgan fingerprint density at radius 1 is 1.37 bits per heavy atom. The van der Waals surface area contributed by atoms with Gasteiger partial charge in [0.05, 0.1) is 22.9 Å². The Kier molecular flexibility index (Phi) is 2.61. The number of carbonyl (C=O) groups is 1. The van der Waals surface area contributed by atoms with Crippen LogP contribution >= 0.6 is 23.1 Å². The average molecular weight is 297 g/mol. The number of rotatable bonds is 1. The number of aromatic amines is 1. The molecule has 0 radical (unpaired) electrons. The van der Waals surface area contributed by atoms with Crippen LogP contribution in [0.15, 0.2) is 9.82 Å². The van der Waals surface area contributed by atoms with E-state index in [1.165, 1.54) is 37.7 Å². The van der Waals surface area contributed by atoms with E-state index in [2.05, 4.69) is 4.98 Å². The van der Waals surface area contributed by atoms with E-state index < -0.39 is 0 Å². The quantitative estimate of drug-likeness (QED) is 0.807. The van der Waals surface area contributed by atoms with Crippen molar-refractivity contribution in [1.82, 2.24) is 4.98 Å². The molecule has 19 heavy (non-hydrogen) atoms. The van der Waals surface area contributed by atoms with E-state index >= 15 is 0 Å². The molecule has 2 fully saturated rings. The fourth-order valence-corrected chi connectivity index (χ4v) is 7.09. The summed E-state index contributed by atoms with van der Waals surface area (Å²) in [4.78, 5) is 27.6. The molecule has 0 unspecified atom stereocenters. The monoisotopic (exact) mass is 297 g/mol. The highest BCUT2D eigenvalue weighted by molar-refractivity contribution is 8.00. The van der Waals surface area contributed by atoms with Gasteiger partial charge >= 0.3 is 10.8 Å². The van der Waals surface area contributed by atoms with Crippen molar-refractivity contribution in [3.05, 3.63) is 14.5 Å². The third kappa shape index (κ3) is 1.59. The zero-order valence-corrected chi connectivity index (χ0v) is 12.2. The topological polar surface area (TPSA) is 59.2 Å². The van der Waals surface area contributed by atoms with Gasteiger partial charge in [0.2, 0.25) is 0 Å². The number of carbonyl (C=O) groups excluding carboxylic acids is 1. The van der Waals surface area contributed by atoms with E-state index in [1.807, 2.05) is 0 Å². The maximum Gasteiger partial charge on any atom is 0.314 e. The molecule has 4 rings (SSSR count). The first kappa shape index (κ1) is 12.0. The van der Waals surface area contributed by atoms with Crippen molar-refractivity contribution in [3.63, 3.8) is 0 Å². The molecule has 5 atom stereocenters. The lowest BCUT2D eigenvalue weighted by molar-refractivity contribution is -0.144. The van der Waals surface area contributed by atoms with E-state index in [4.69, 9.17) is 4.74 Å². The number of H-pyrrole nitrogens is 1. The fourth-order valence-electron chi connectivity index (χ4n) is 4.24. The summed E-state index contributed by atoms with van der Waals surface area (Å²) in [6, 6.07) is 0. The summed E-state index contributed by atoms with van der Waals surface area (Å²) in [6.07, 6.45) is 3.75. The second kappa shape index (κ2) is 4.12. The van der Waals surface area contributed by atoms with E-state index in [1.54, 1.807) is 11.8 Å². The SMILES string of the molecule is COC(=O)[C@@H]1c2sc(=O)[nH]c2S[C@@H]2[C@H]3CC[C@@H](C3)[C@@H]21. The molecule has 0 aromatic carbocycles. The number of hydrogen-bond donors (Lipinski definition) is 1. The van der Waals surface area contributed by atoms with Crippen molar-refractivity contribution in [1.29, 1.82) is 0 Å². The van der Waals surface area contributed by atoms with Crippen LogP contribution in [0.25, 0.3) is 0 Å². The smallest absolute Gasteiger partial charge is 0.314 e. The van der Waals surface area contributed by atoms with Gasteiger partial charge < -0.3 is 9.72 Å². The van der Waals surface area contributed by atoms with Gasteiger partial charge in [0.25, 0.3) is 0 Å². The van der Waals surface area contributed by atoms with E-state index in [9.17, 15) is 9.59 Å². The van der Waals surface area contributed by atoms with Crippen LogP contribution in [0.3, 0.4) is 0 Å². The van der Waals surface area contributed by atoms with Gasteiger partial charge in [-0.1, -0.05) is 11.3 Å². The number of fused-ring (bicyclic) bond motifs is 6. The first-order valence-corrected chi connectivity index (χ1v) is 8.36. The van der Waals surface area contributed by atoms with E-state index in [0.29, 0.717) is 23.0 Å². The van der Waals surface area contributed by atoms with Gasteiger partial charge in [-0.3, -0.25) is 9.59 Å². The number of nitrogens with one attached hydrogen (secondary N) is 1. The molecule has 2 bridgehead atoms. The second-order valence-electron chi connectivity index (χ2n) is 5.70. The molecule has 0 saturated heterocycles.